The van der Waals surface area contributed by atoms with Crippen molar-refractivity contribution < 1.29 is 38.0 Å². The summed E-state index contributed by atoms with van der Waals surface area (Å²) in [7, 11) is 6.16. The fourth-order valence-corrected chi connectivity index (χ4v) is 4.98. The lowest BCUT2D eigenvalue weighted by atomic mass is 9.88. The Morgan fingerprint density at radius 1 is 0.676 bits per heavy atom. The standard InChI is InChI=1S/C29H38O8/c1-32-22-12-14-24(26(18-22)34-3)28(30)36-16-6-10-20-8-5-9-21(20)11-7-17-37-29(31)25-15-13-23(33-2)19-27(25)35-4/h12-15,18-21H,5-11,16-17H2,1-4H3. The van der Waals surface area contributed by atoms with Crippen molar-refractivity contribution in [2.75, 3.05) is 41.7 Å². The zero-order valence-electron chi connectivity index (χ0n) is 22.2. The quantitative estimate of drug-likeness (QED) is 0.234. The molecule has 1 saturated carbocycles. The third kappa shape index (κ3) is 7.78. The smallest absolute Gasteiger partial charge is 0.341 e. The van der Waals surface area contributed by atoms with Crippen LogP contribution in [0.4, 0.5) is 0 Å². The number of esters is 2. The Hall–Kier alpha value is -3.42. The maximum atomic E-state index is 12.5. The second kappa shape index (κ2) is 14.4. The van der Waals surface area contributed by atoms with E-state index in [1.807, 2.05) is 0 Å². The topological polar surface area (TPSA) is 89.5 Å². The summed E-state index contributed by atoms with van der Waals surface area (Å²) in [5.41, 5.74) is 0.785. The van der Waals surface area contributed by atoms with E-state index in [0.717, 1.165) is 25.7 Å². The van der Waals surface area contributed by atoms with E-state index < -0.39 is 11.9 Å². The number of carbonyl (C=O) groups excluding carboxylic acids is 2. The van der Waals surface area contributed by atoms with Crippen molar-refractivity contribution in [3.05, 3.63) is 47.5 Å². The normalized spacial score (nSPS) is 16.6. The van der Waals surface area contributed by atoms with Crippen molar-refractivity contribution >= 4 is 11.9 Å². The Labute approximate surface area is 219 Å². The third-order valence-electron chi connectivity index (χ3n) is 6.98. The van der Waals surface area contributed by atoms with Gasteiger partial charge in [-0.05, 0) is 61.8 Å². The van der Waals surface area contributed by atoms with E-state index in [4.69, 9.17) is 28.4 Å². The second-order valence-electron chi connectivity index (χ2n) is 9.14. The van der Waals surface area contributed by atoms with Crippen LogP contribution in [0.3, 0.4) is 0 Å². The minimum Gasteiger partial charge on any atom is -0.497 e. The number of carbonyl (C=O) groups is 2. The van der Waals surface area contributed by atoms with Gasteiger partial charge in [0.05, 0.1) is 41.7 Å². The predicted molar refractivity (Wildman–Crippen MR) is 139 cm³/mol. The minimum absolute atomic E-state index is 0.374. The molecule has 202 valence electrons. The molecule has 2 atom stereocenters. The van der Waals surface area contributed by atoms with E-state index in [9.17, 15) is 9.59 Å². The van der Waals surface area contributed by atoms with Crippen LogP contribution in [0.15, 0.2) is 36.4 Å². The molecular weight excluding hydrogens is 476 g/mol. The number of benzene rings is 2. The van der Waals surface area contributed by atoms with Crippen molar-refractivity contribution in [1.82, 2.24) is 0 Å². The molecule has 0 aromatic heterocycles. The molecule has 0 saturated heterocycles. The molecule has 1 fully saturated rings. The van der Waals surface area contributed by atoms with E-state index in [2.05, 4.69) is 0 Å². The van der Waals surface area contributed by atoms with Gasteiger partial charge in [-0.3, -0.25) is 0 Å². The Morgan fingerprint density at radius 2 is 1.11 bits per heavy atom. The highest BCUT2D eigenvalue weighted by Gasteiger charge is 2.27. The van der Waals surface area contributed by atoms with Gasteiger partial charge < -0.3 is 28.4 Å². The van der Waals surface area contributed by atoms with Crippen LogP contribution in [0.1, 0.15) is 65.7 Å². The van der Waals surface area contributed by atoms with Gasteiger partial charge in [-0.1, -0.05) is 19.3 Å². The van der Waals surface area contributed by atoms with Crippen LogP contribution in [-0.4, -0.2) is 53.6 Å². The molecule has 0 spiro atoms. The summed E-state index contributed by atoms with van der Waals surface area (Å²) < 4.78 is 31.9. The van der Waals surface area contributed by atoms with Crippen molar-refractivity contribution in [3.63, 3.8) is 0 Å². The molecule has 8 heteroatoms. The summed E-state index contributed by atoms with van der Waals surface area (Å²) in [4.78, 5) is 25.0. The lowest BCUT2D eigenvalue weighted by molar-refractivity contribution is 0.0468. The van der Waals surface area contributed by atoms with Gasteiger partial charge in [0.25, 0.3) is 0 Å². The van der Waals surface area contributed by atoms with Gasteiger partial charge in [-0.25, -0.2) is 9.59 Å². The van der Waals surface area contributed by atoms with Gasteiger partial charge in [0.2, 0.25) is 0 Å². The molecule has 0 N–H and O–H groups in total. The summed E-state index contributed by atoms with van der Waals surface area (Å²) >= 11 is 0. The van der Waals surface area contributed by atoms with E-state index in [0.29, 0.717) is 59.2 Å². The first kappa shape index (κ1) is 28.2. The number of rotatable bonds is 14. The molecular formula is C29H38O8. The summed E-state index contributed by atoms with van der Waals surface area (Å²) in [6.07, 6.45) is 7.25. The molecule has 2 unspecified atom stereocenters. The number of hydrogen-bond acceptors (Lipinski definition) is 8. The molecule has 2 aromatic rings. The summed E-state index contributed by atoms with van der Waals surface area (Å²) in [5, 5.41) is 0. The summed E-state index contributed by atoms with van der Waals surface area (Å²) in [5.74, 6) is 2.54. The van der Waals surface area contributed by atoms with Gasteiger partial charge in [0.15, 0.2) is 0 Å². The molecule has 0 amide bonds. The number of hydrogen-bond donors (Lipinski definition) is 0. The second-order valence-corrected chi connectivity index (χ2v) is 9.14. The highest BCUT2D eigenvalue weighted by molar-refractivity contribution is 5.93. The van der Waals surface area contributed by atoms with Crippen LogP contribution in [0.25, 0.3) is 0 Å². The average Bonchev–Trinajstić information content (AvgIpc) is 3.39. The zero-order chi connectivity index (χ0) is 26.6. The fraction of sp³-hybridized carbons (Fsp3) is 0.517. The number of ether oxygens (including phenoxy) is 6. The first-order valence-electron chi connectivity index (χ1n) is 12.8. The minimum atomic E-state index is -0.391. The van der Waals surface area contributed by atoms with Gasteiger partial charge >= 0.3 is 11.9 Å². The van der Waals surface area contributed by atoms with Gasteiger partial charge in [-0.15, -0.1) is 0 Å². The average molecular weight is 515 g/mol. The molecule has 0 heterocycles. The van der Waals surface area contributed by atoms with Gasteiger partial charge in [-0.2, -0.15) is 0 Å². The largest absolute Gasteiger partial charge is 0.497 e. The molecule has 0 aliphatic heterocycles. The van der Waals surface area contributed by atoms with Gasteiger partial charge in [0, 0.05) is 12.1 Å². The van der Waals surface area contributed by atoms with E-state index in [1.54, 1.807) is 50.6 Å². The molecule has 1 aliphatic rings. The SMILES string of the molecule is COc1ccc(C(=O)OCCCC2CCCC2CCCOC(=O)c2ccc(OC)cc2OC)c(OC)c1. The zero-order valence-corrected chi connectivity index (χ0v) is 22.2. The van der Waals surface area contributed by atoms with E-state index >= 15 is 0 Å². The molecule has 1 aliphatic carbocycles. The lowest BCUT2D eigenvalue weighted by Crippen LogP contribution is -2.13. The monoisotopic (exact) mass is 514 g/mol. The molecule has 37 heavy (non-hydrogen) atoms. The highest BCUT2D eigenvalue weighted by Crippen LogP contribution is 2.38. The van der Waals surface area contributed by atoms with Gasteiger partial charge in [0.1, 0.15) is 34.1 Å². The first-order chi connectivity index (χ1) is 18.0. The highest BCUT2D eigenvalue weighted by atomic mass is 16.5. The van der Waals surface area contributed by atoms with E-state index in [-0.39, 0.29) is 0 Å². The molecule has 0 radical (unpaired) electrons. The van der Waals surface area contributed by atoms with Crippen molar-refractivity contribution in [3.8, 4) is 23.0 Å². The van der Waals surface area contributed by atoms with Crippen LogP contribution in [0.2, 0.25) is 0 Å². The Kier molecular flexibility index (Phi) is 10.9. The van der Waals surface area contributed by atoms with Crippen LogP contribution < -0.4 is 18.9 Å². The van der Waals surface area contributed by atoms with Crippen molar-refractivity contribution in [2.24, 2.45) is 11.8 Å². The maximum absolute atomic E-state index is 12.5. The summed E-state index contributed by atoms with van der Waals surface area (Å²) in [6, 6.07) is 10.1. The molecule has 3 rings (SSSR count). The Bertz CT molecular complexity index is 953. The van der Waals surface area contributed by atoms with Crippen LogP contribution in [0.5, 0.6) is 23.0 Å². The third-order valence-corrected chi connectivity index (χ3v) is 6.98. The number of methoxy groups -OCH3 is 4. The fourth-order valence-electron chi connectivity index (χ4n) is 4.98. The maximum Gasteiger partial charge on any atom is 0.341 e. The molecule has 0 bridgehead atoms. The Balaban J connectivity index is 1.37. The molecule has 2 aromatic carbocycles. The predicted octanol–water partition coefficient (Wildman–Crippen LogP) is 5.71. The first-order valence-corrected chi connectivity index (χ1v) is 12.8. The molecule has 8 nitrogen and oxygen atoms in total. The van der Waals surface area contributed by atoms with Crippen LogP contribution in [0, 0.1) is 11.8 Å². The lowest BCUT2D eigenvalue weighted by Gasteiger charge is -2.19. The van der Waals surface area contributed by atoms with E-state index in [1.165, 1.54) is 33.5 Å². The van der Waals surface area contributed by atoms with Crippen molar-refractivity contribution in [2.45, 2.75) is 44.9 Å². The van der Waals surface area contributed by atoms with Crippen LogP contribution >= 0.6 is 0 Å². The van der Waals surface area contributed by atoms with Crippen LogP contribution in [-0.2, 0) is 9.47 Å². The summed E-state index contributed by atoms with van der Waals surface area (Å²) in [6.45, 7) is 0.747. The van der Waals surface area contributed by atoms with Crippen molar-refractivity contribution in [1.29, 1.82) is 0 Å². The Morgan fingerprint density at radius 3 is 1.49 bits per heavy atom.